The summed E-state index contributed by atoms with van der Waals surface area (Å²) in [5.41, 5.74) is 1.58. The van der Waals surface area contributed by atoms with Gasteiger partial charge in [0.15, 0.2) is 5.16 Å². The molecule has 1 aromatic carbocycles. The maximum atomic E-state index is 12.6. The molecule has 23 heavy (non-hydrogen) atoms. The van der Waals surface area contributed by atoms with Crippen LogP contribution in [0.2, 0.25) is 0 Å². The first kappa shape index (κ1) is 18.0. The molecule has 0 fully saturated rings. The molecule has 1 N–H and O–H groups in total. The van der Waals surface area contributed by atoms with Crippen molar-refractivity contribution < 1.29 is 18.0 Å². The molecule has 0 aliphatic carbocycles. The maximum absolute atomic E-state index is 12.6. The molecule has 0 radical (unpaired) electrons. The first-order valence-corrected chi connectivity index (χ1v) is 8.40. The maximum Gasteiger partial charge on any atom is 0.451 e. The second-order valence-electron chi connectivity index (χ2n) is 4.66. The summed E-state index contributed by atoms with van der Waals surface area (Å²) in [4.78, 5) is 11.9. The molecule has 1 amide bonds. The molecule has 1 aromatic heterocycles. The number of hydrogen-bond donors (Lipinski definition) is 1. The molecule has 124 valence electrons. The number of benzene rings is 1. The van der Waals surface area contributed by atoms with Gasteiger partial charge in [-0.3, -0.25) is 4.79 Å². The lowest BCUT2D eigenvalue weighted by Crippen LogP contribution is -2.16. The van der Waals surface area contributed by atoms with Crippen LogP contribution in [0.5, 0.6) is 0 Å². The Morgan fingerprint density at radius 1 is 1.39 bits per heavy atom. The molecule has 0 atom stereocenters. The van der Waals surface area contributed by atoms with E-state index in [0.29, 0.717) is 5.69 Å². The van der Waals surface area contributed by atoms with Crippen LogP contribution in [0.15, 0.2) is 23.4 Å². The van der Waals surface area contributed by atoms with Crippen molar-refractivity contribution in [1.29, 1.82) is 0 Å². The summed E-state index contributed by atoms with van der Waals surface area (Å²) in [6.07, 6.45) is -4.57. The number of rotatable bonds is 4. The molecule has 1 heterocycles. The van der Waals surface area contributed by atoms with E-state index in [2.05, 4.69) is 38.1 Å². The van der Waals surface area contributed by atoms with Gasteiger partial charge in [-0.25, -0.2) is 0 Å². The van der Waals surface area contributed by atoms with Crippen molar-refractivity contribution in [1.82, 2.24) is 14.8 Å². The summed E-state index contributed by atoms with van der Waals surface area (Å²) in [6.45, 7) is 1.86. The number of halogens is 4. The fraction of sp³-hybridized carbons (Fsp3) is 0.308. The number of hydrogen-bond acceptors (Lipinski definition) is 4. The molecular weight excluding hydrogens is 444 g/mol. The van der Waals surface area contributed by atoms with Gasteiger partial charge in [-0.05, 0) is 53.3 Å². The quantitative estimate of drug-likeness (QED) is 0.566. The molecule has 0 bridgehead atoms. The monoisotopic (exact) mass is 456 g/mol. The Hall–Kier alpha value is -1.30. The summed E-state index contributed by atoms with van der Waals surface area (Å²) < 4.78 is 39.7. The van der Waals surface area contributed by atoms with Gasteiger partial charge in [-0.15, -0.1) is 10.2 Å². The lowest BCUT2D eigenvalue weighted by atomic mass is 10.2. The number of aromatic nitrogens is 3. The average molecular weight is 456 g/mol. The minimum Gasteiger partial charge on any atom is -0.325 e. The third-order valence-corrected chi connectivity index (χ3v) is 4.57. The highest BCUT2D eigenvalue weighted by Crippen LogP contribution is 2.29. The highest BCUT2D eigenvalue weighted by atomic mass is 127. The third-order valence-electron chi connectivity index (χ3n) is 2.88. The molecule has 0 aliphatic heterocycles. The SMILES string of the molecule is Cc1cc(I)ccc1NC(=O)CSc1nnc(C(F)(F)F)n1C. The zero-order valence-corrected chi connectivity index (χ0v) is 15.1. The number of carbonyl (C=O) groups excluding carboxylic acids is 1. The largest absolute Gasteiger partial charge is 0.451 e. The van der Waals surface area contributed by atoms with Crippen LogP contribution in [0.25, 0.3) is 0 Å². The van der Waals surface area contributed by atoms with Gasteiger partial charge in [0, 0.05) is 16.3 Å². The molecule has 0 saturated heterocycles. The molecule has 0 unspecified atom stereocenters. The number of thioether (sulfide) groups is 1. The summed E-state index contributed by atoms with van der Waals surface area (Å²) in [6, 6.07) is 5.56. The van der Waals surface area contributed by atoms with E-state index in [1.165, 1.54) is 7.05 Å². The summed E-state index contributed by atoms with van der Waals surface area (Å²) in [5, 5.41) is 9.33. The van der Waals surface area contributed by atoms with Crippen molar-refractivity contribution >= 4 is 45.9 Å². The summed E-state index contributed by atoms with van der Waals surface area (Å²) >= 11 is 3.06. The predicted octanol–water partition coefficient (Wildman–Crippen LogP) is 3.48. The minimum absolute atomic E-state index is 0.0341. The van der Waals surface area contributed by atoms with Gasteiger partial charge in [-0.1, -0.05) is 11.8 Å². The summed E-state index contributed by atoms with van der Waals surface area (Å²) in [5.74, 6) is -1.47. The van der Waals surface area contributed by atoms with E-state index in [1.807, 2.05) is 19.1 Å². The topological polar surface area (TPSA) is 59.8 Å². The van der Waals surface area contributed by atoms with E-state index in [4.69, 9.17) is 0 Å². The zero-order valence-electron chi connectivity index (χ0n) is 12.1. The van der Waals surface area contributed by atoms with Gasteiger partial charge in [0.05, 0.1) is 5.75 Å². The van der Waals surface area contributed by atoms with Crippen molar-refractivity contribution in [2.75, 3.05) is 11.1 Å². The van der Waals surface area contributed by atoms with Crippen molar-refractivity contribution in [3.8, 4) is 0 Å². The van der Waals surface area contributed by atoms with Crippen LogP contribution in [0, 0.1) is 10.5 Å². The Labute approximate surface area is 148 Å². The first-order chi connectivity index (χ1) is 10.7. The van der Waals surface area contributed by atoms with Crippen molar-refractivity contribution in [3.63, 3.8) is 0 Å². The van der Waals surface area contributed by atoms with E-state index in [0.717, 1.165) is 25.5 Å². The second-order valence-corrected chi connectivity index (χ2v) is 6.85. The van der Waals surface area contributed by atoms with E-state index in [9.17, 15) is 18.0 Å². The van der Waals surface area contributed by atoms with Crippen LogP contribution in [-0.2, 0) is 18.0 Å². The Morgan fingerprint density at radius 3 is 2.65 bits per heavy atom. The van der Waals surface area contributed by atoms with Crippen molar-refractivity contribution in [2.24, 2.45) is 7.05 Å². The van der Waals surface area contributed by atoms with Crippen molar-refractivity contribution in [3.05, 3.63) is 33.2 Å². The summed E-state index contributed by atoms with van der Waals surface area (Å²) in [7, 11) is 1.21. The van der Waals surface area contributed by atoms with Gasteiger partial charge >= 0.3 is 6.18 Å². The number of nitrogens with one attached hydrogen (secondary N) is 1. The lowest BCUT2D eigenvalue weighted by Gasteiger charge is -2.09. The van der Waals surface area contributed by atoms with Gasteiger partial charge in [0.25, 0.3) is 0 Å². The van der Waals surface area contributed by atoms with Gasteiger partial charge in [0.1, 0.15) is 0 Å². The fourth-order valence-corrected chi connectivity index (χ4v) is 3.13. The highest BCUT2D eigenvalue weighted by molar-refractivity contribution is 14.1. The van der Waals surface area contributed by atoms with Crippen molar-refractivity contribution in [2.45, 2.75) is 18.3 Å². The van der Waals surface area contributed by atoms with Crippen LogP contribution in [-0.4, -0.2) is 26.4 Å². The molecular formula is C13H12F3IN4OS. The van der Waals surface area contributed by atoms with Crippen LogP contribution >= 0.6 is 34.4 Å². The standard InChI is InChI=1S/C13H12F3IN4OS/c1-7-5-8(17)3-4-9(7)18-10(22)6-23-12-20-19-11(21(12)2)13(14,15)16/h3-5H,6H2,1-2H3,(H,18,22). The van der Waals surface area contributed by atoms with E-state index in [1.54, 1.807) is 6.07 Å². The highest BCUT2D eigenvalue weighted by Gasteiger charge is 2.37. The normalized spacial score (nSPS) is 11.6. The van der Waals surface area contributed by atoms with E-state index in [-0.39, 0.29) is 16.8 Å². The van der Waals surface area contributed by atoms with E-state index < -0.39 is 12.0 Å². The zero-order chi connectivity index (χ0) is 17.2. The third kappa shape index (κ3) is 4.59. The molecule has 0 aliphatic rings. The predicted molar refractivity (Wildman–Crippen MR) is 89.3 cm³/mol. The fourth-order valence-electron chi connectivity index (χ4n) is 1.77. The average Bonchev–Trinajstić information content (AvgIpc) is 2.81. The number of carbonyl (C=O) groups is 1. The molecule has 10 heteroatoms. The van der Waals surface area contributed by atoms with Gasteiger partial charge in [-0.2, -0.15) is 13.2 Å². The number of nitrogens with zero attached hydrogens (tertiary/aromatic N) is 3. The van der Waals surface area contributed by atoms with Crippen LogP contribution in [0.3, 0.4) is 0 Å². The number of anilines is 1. The molecule has 0 spiro atoms. The van der Waals surface area contributed by atoms with Gasteiger partial charge < -0.3 is 9.88 Å². The number of alkyl halides is 3. The molecule has 2 aromatic rings. The smallest absolute Gasteiger partial charge is 0.325 e. The molecule has 5 nitrogen and oxygen atoms in total. The molecule has 2 rings (SSSR count). The van der Waals surface area contributed by atoms with Crippen LogP contribution in [0.4, 0.5) is 18.9 Å². The Kier molecular flexibility index (Phi) is 5.55. The second kappa shape index (κ2) is 7.07. The minimum atomic E-state index is -4.57. The first-order valence-electron chi connectivity index (χ1n) is 6.34. The number of amides is 1. The van der Waals surface area contributed by atoms with E-state index >= 15 is 0 Å². The Morgan fingerprint density at radius 2 is 2.09 bits per heavy atom. The van der Waals surface area contributed by atoms with Crippen LogP contribution in [0.1, 0.15) is 11.4 Å². The van der Waals surface area contributed by atoms with Crippen LogP contribution < -0.4 is 5.32 Å². The Bertz CT molecular complexity index is 732. The lowest BCUT2D eigenvalue weighted by molar-refractivity contribution is -0.147. The Balaban J connectivity index is 1.98. The van der Waals surface area contributed by atoms with Gasteiger partial charge in [0.2, 0.25) is 11.7 Å². The molecule has 0 saturated carbocycles. The number of aryl methyl sites for hydroxylation is 1.